The molecule has 1 aromatic carbocycles. The SMILES string of the molecule is Cc1cn(-c2ccnn2C)c(Nc2ccccc2)n1. The topological polar surface area (TPSA) is 47.7 Å². The van der Waals surface area contributed by atoms with Crippen LogP contribution >= 0.6 is 0 Å². The number of aryl methyl sites for hydroxylation is 2. The van der Waals surface area contributed by atoms with Gasteiger partial charge in [-0.15, -0.1) is 0 Å². The van der Waals surface area contributed by atoms with E-state index in [1.54, 1.807) is 6.20 Å². The van der Waals surface area contributed by atoms with Crippen LogP contribution in [0, 0.1) is 6.92 Å². The first kappa shape index (κ1) is 11.5. The van der Waals surface area contributed by atoms with Crippen molar-refractivity contribution in [2.75, 3.05) is 5.32 Å². The highest BCUT2D eigenvalue weighted by Gasteiger charge is 2.10. The highest BCUT2D eigenvalue weighted by molar-refractivity contribution is 5.55. The lowest BCUT2D eigenvalue weighted by atomic mass is 10.3. The Hall–Kier alpha value is -2.56. The van der Waals surface area contributed by atoms with Gasteiger partial charge in [-0.05, 0) is 19.1 Å². The van der Waals surface area contributed by atoms with Gasteiger partial charge in [-0.3, -0.25) is 9.25 Å². The lowest BCUT2D eigenvalue weighted by Gasteiger charge is -2.09. The van der Waals surface area contributed by atoms with Crippen molar-refractivity contribution in [3.8, 4) is 5.82 Å². The van der Waals surface area contributed by atoms with E-state index in [1.165, 1.54) is 0 Å². The maximum Gasteiger partial charge on any atom is 0.213 e. The predicted molar refractivity (Wildman–Crippen MR) is 74.8 cm³/mol. The number of imidazole rings is 1. The summed E-state index contributed by atoms with van der Waals surface area (Å²) in [5, 5.41) is 7.51. The smallest absolute Gasteiger partial charge is 0.213 e. The molecule has 3 aromatic rings. The van der Waals surface area contributed by atoms with Crippen LogP contribution < -0.4 is 5.32 Å². The van der Waals surface area contributed by atoms with Crippen molar-refractivity contribution >= 4 is 11.6 Å². The van der Waals surface area contributed by atoms with Gasteiger partial charge in [0.15, 0.2) is 0 Å². The van der Waals surface area contributed by atoms with Crippen molar-refractivity contribution in [3.05, 3.63) is 54.5 Å². The fraction of sp³-hybridized carbons (Fsp3) is 0.143. The van der Waals surface area contributed by atoms with Crippen molar-refractivity contribution in [2.24, 2.45) is 7.05 Å². The molecule has 0 radical (unpaired) electrons. The van der Waals surface area contributed by atoms with E-state index in [4.69, 9.17) is 0 Å². The Kier molecular flexibility index (Phi) is 2.79. The zero-order chi connectivity index (χ0) is 13.2. The minimum absolute atomic E-state index is 0.785. The summed E-state index contributed by atoms with van der Waals surface area (Å²) in [6, 6.07) is 12.0. The largest absolute Gasteiger partial charge is 0.325 e. The average molecular weight is 253 g/mol. The second-order valence-corrected chi connectivity index (χ2v) is 4.38. The molecule has 0 unspecified atom stereocenters. The Morgan fingerprint density at radius 3 is 2.58 bits per heavy atom. The second kappa shape index (κ2) is 4.61. The first-order valence-corrected chi connectivity index (χ1v) is 6.10. The van der Waals surface area contributed by atoms with Gasteiger partial charge in [0.2, 0.25) is 5.95 Å². The van der Waals surface area contributed by atoms with Crippen molar-refractivity contribution in [2.45, 2.75) is 6.92 Å². The number of aromatic nitrogens is 4. The standard InChI is InChI=1S/C14H15N5/c1-11-10-19(13-8-9-15-18(13)2)14(16-11)17-12-6-4-3-5-7-12/h3-10H,1-2H3,(H,16,17). The van der Waals surface area contributed by atoms with E-state index in [0.717, 1.165) is 23.1 Å². The molecule has 1 N–H and O–H groups in total. The van der Waals surface area contributed by atoms with Crippen LogP contribution in [0.15, 0.2) is 48.8 Å². The van der Waals surface area contributed by atoms with Crippen LogP contribution in [-0.2, 0) is 7.05 Å². The summed E-state index contributed by atoms with van der Waals surface area (Å²) in [6.07, 6.45) is 3.76. The lowest BCUT2D eigenvalue weighted by Crippen LogP contribution is -2.05. The molecule has 0 saturated heterocycles. The van der Waals surface area contributed by atoms with Gasteiger partial charge in [0.05, 0.1) is 11.9 Å². The van der Waals surface area contributed by atoms with Gasteiger partial charge < -0.3 is 5.32 Å². The van der Waals surface area contributed by atoms with Crippen LogP contribution in [0.2, 0.25) is 0 Å². The molecule has 19 heavy (non-hydrogen) atoms. The number of para-hydroxylation sites is 1. The summed E-state index contributed by atoms with van der Waals surface area (Å²) in [6.45, 7) is 1.98. The molecule has 0 aliphatic carbocycles. The summed E-state index contributed by atoms with van der Waals surface area (Å²) in [5.74, 6) is 1.76. The van der Waals surface area contributed by atoms with Gasteiger partial charge >= 0.3 is 0 Å². The zero-order valence-electron chi connectivity index (χ0n) is 10.9. The molecule has 0 spiro atoms. The van der Waals surface area contributed by atoms with Gasteiger partial charge in [-0.25, -0.2) is 4.98 Å². The monoisotopic (exact) mass is 253 g/mol. The molecule has 3 rings (SSSR count). The molecule has 0 fully saturated rings. The van der Waals surface area contributed by atoms with Crippen molar-refractivity contribution in [3.63, 3.8) is 0 Å². The van der Waals surface area contributed by atoms with Gasteiger partial charge in [-0.1, -0.05) is 18.2 Å². The average Bonchev–Trinajstić information content (AvgIpc) is 2.97. The molecule has 0 aliphatic rings. The zero-order valence-corrected chi connectivity index (χ0v) is 10.9. The normalized spacial score (nSPS) is 10.6. The third kappa shape index (κ3) is 2.22. The number of nitrogens with one attached hydrogen (secondary N) is 1. The predicted octanol–water partition coefficient (Wildman–Crippen LogP) is 2.66. The molecule has 0 atom stereocenters. The maximum atomic E-state index is 4.51. The van der Waals surface area contributed by atoms with E-state index in [-0.39, 0.29) is 0 Å². The Balaban J connectivity index is 2.01. The molecule has 2 heterocycles. The molecule has 0 amide bonds. The quantitative estimate of drug-likeness (QED) is 0.780. The van der Waals surface area contributed by atoms with E-state index < -0.39 is 0 Å². The third-order valence-electron chi connectivity index (χ3n) is 2.90. The van der Waals surface area contributed by atoms with Crippen molar-refractivity contribution in [1.29, 1.82) is 0 Å². The molecule has 5 nitrogen and oxygen atoms in total. The summed E-state index contributed by atoms with van der Waals surface area (Å²) < 4.78 is 3.81. The molecule has 0 bridgehead atoms. The molecule has 2 aromatic heterocycles. The Bertz CT molecular complexity index is 681. The number of rotatable bonds is 3. The number of hydrogen-bond acceptors (Lipinski definition) is 3. The maximum absolute atomic E-state index is 4.51. The second-order valence-electron chi connectivity index (χ2n) is 4.38. The van der Waals surface area contributed by atoms with E-state index in [0.29, 0.717) is 0 Å². The molecular formula is C14H15N5. The Labute approximate surface area is 111 Å². The summed E-state index contributed by atoms with van der Waals surface area (Å²) >= 11 is 0. The number of nitrogens with zero attached hydrogens (tertiary/aromatic N) is 4. The number of anilines is 2. The van der Waals surface area contributed by atoms with Gasteiger partial charge in [0.1, 0.15) is 5.82 Å². The van der Waals surface area contributed by atoms with Crippen LogP contribution in [0.25, 0.3) is 5.82 Å². The van der Waals surface area contributed by atoms with E-state index in [9.17, 15) is 0 Å². The highest BCUT2D eigenvalue weighted by Crippen LogP contribution is 2.19. The highest BCUT2D eigenvalue weighted by atomic mass is 15.3. The minimum atomic E-state index is 0.785. The van der Waals surface area contributed by atoms with Crippen LogP contribution in [0.3, 0.4) is 0 Å². The number of benzene rings is 1. The molecule has 96 valence electrons. The van der Waals surface area contributed by atoms with Crippen LogP contribution in [-0.4, -0.2) is 19.3 Å². The Morgan fingerprint density at radius 1 is 1.11 bits per heavy atom. The third-order valence-corrected chi connectivity index (χ3v) is 2.90. The van der Waals surface area contributed by atoms with Crippen LogP contribution in [0.4, 0.5) is 11.6 Å². The first-order valence-electron chi connectivity index (χ1n) is 6.10. The first-order chi connectivity index (χ1) is 9.24. The van der Waals surface area contributed by atoms with E-state index >= 15 is 0 Å². The van der Waals surface area contributed by atoms with Crippen LogP contribution in [0.1, 0.15) is 5.69 Å². The number of hydrogen-bond donors (Lipinski definition) is 1. The fourth-order valence-corrected chi connectivity index (χ4v) is 2.01. The Morgan fingerprint density at radius 2 is 1.89 bits per heavy atom. The lowest BCUT2D eigenvalue weighted by molar-refractivity contribution is 0.731. The molecular weight excluding hydrogens is 238 g/mol. The van der Waals surface area contributed by atoms with E-state index in [1.807, 2.05) is 65.8 Å². The van der Waals surface area contributed by atoms with Gasteiger partial charge in [0.25, 0.3) is 0 Å². The molecule has 0 saturated carbocycles. The van der Waals surface area contributed by atoms with Crippen molar-refractivity contribution in [1.82, 2.24) is 19.3 Å². The van der Waals surface area contributed by atoms with Gasteiger partial charge in [0, 0.05) is 25.0 Å². The van der Waals surface area contributed by atoms with Gasteiger partial charge in [-0.2, -0.15) is 5.10 Å². The minimum Gasteiger partial charge on any atom is -0.325 e. The summed E-state index contributed by atoms with van der Waals surface area (Å²) in [4.78, 5) is 4.51. The fourth-order valence-electron chi connectivity index (χ4n) is 2.01. The summed E-state index contributed by atoms with van der Waals surface area (Å²) in [7, 11) is 1.91. The molecule has 0 aliphatic heterocycles. The van der Waals surface area contributed by atoms with Crippen molar-refractivity contribution < 1.29 is 0 Å². The van der Waals surface area contributed by atoms with Crippen LogP contribution in [0.5, 0.6) is 0 Å². The van der Waals surface area contributed by atoms with E-state index in [2.05, 4.69) is 15.4 Å². The molecule has 5 heteroatoms. The summed E-state index contributed by atoms with van der Waals surface area (Å²) in [5.41, 5.74) is 1.97.